The third-order valence-electron chi connectivity index (χ3n) is 12.8. The highest BCUT2D eigenvalue weighted by molar-refractivity contribution is 7.25. The standard InChI is InChI=1S/C21H36OP2/c1-10-11(2)20-15(10,6)14(4,5)18(20,9)16(7)12(3)19(24)13(23)17(8,22)21(16,19)20/h10-13,22H,23-24H2,1-9H3/i13D. The summed E-state index contributed by atoms with van der Waals surface area (Å²) in [5.41, 5.74) is -1.09. The van der Waals surface area contributed by atoms with Gasteiger partial charge in [-0.15, -0.1) is 18.5 Å². The maximum absolute atomic E-state index is 11.9. The monoisotopic (exact) mass is 367 g/mol. The molecule has 0 aromatic rings. The number of hydrogen-bond acceptors (Lipinski definition) is 1. The molecule has 0 amide bonds. The average Bonchev–Trinajstić information content (AvgIpc) is 2.53. The molecule has 136 valence electrons. The Morgan fingerprint density at radius 1 is 0.917 bits per heavy atom. The van der Waals surface area contributed by atoms with Crippen LogP contribution in [0.1, 0.15) is 63.7 Å². The van der Waals surface area contributed by atoms with Crippen molar-refractivity contribution in [3.05, 3.63) is 0 Å². The summed E-state index contributed by atoms with van der Waals surface area (Å²) in [5.74, 6) is 1.69. The minimum Gasteiger partial charge on any atom is -0.389 e. The van der Waals surface area contributed by atoms with Gasteiger partial charge in [0, 0.05) is 17.6 Å². The summed E-state index contributed by atoms with van der Waals surface area (Å²) >= 11 is 0. The van der Waals surface area contributed by atoms with Crippen molar-refractivity contribution < 1.29 is 6.48 Å². The molecule has 24 heavy (non-hydrogen) atoms. The van der Waals surface area contributed by atoms with Crippen LogP contribution in [0, 0.1) is 50.2 Å². The minimum atomic E-state index is -0.973. The number of fused-ring (bicyclic) bond motifs is 1. The highest BCUT2D eigenvalue weighted by atomic mass is 31.0. The number of aliphatic hydroxyl groups is 1. The lowest BCUT2D eigenvalue weighted by molar-refractivity contribution is -0.670. The Morgan fingerprint density at radius 3 is 1.92 bits per heavy atom. The van der Waals surface area contributed by atoms with Crippen LogP contribution in [0.2, 0.25) is 0 Å². The number of hydrogen-bond donors (Lipinski definition) is 1. The van der Waals surface area contributed by atoms with E-state index in [0.717, 1.165) is 0 Å². The molecule has 0 bridgehead atoms. The summed E-state index contributed by atoms with van der Waals surface area (Å²) < 4.78 is 9.11. The smallest absolute Gasteiger partial charge is 0.0767 e. The Bertz CT molecular complexity index is 763. The molecule has 13 unspecified atom stereocenters. The maximum atomic E-state index is 11.9. The van der Waals surface area contributed by atoms with Crippen molar-refractivity contribution in [2.75, 3.05) is 0 Å². The molecule has 2 spiro atoms. The molecular formula is C21H36OP2. The molecule has 5 aliphatic carbocycles. The van der Waals surface area contributed by atoms with E-state index in [1.807, 2.05) is 6.92 Å². The van der Waals surface area contributed by atoms with Gasteiger partial charge < -0.3 is 5.11 Å². The highest BCUT2D eigenvalue weighted by Crippen LogP contribution is 3.15. The second-order valence-corrected chi connectivity index (χ2v) is 12.9. The first kappa shape index (κ1) is 15.8. The van der Waals surface area contributed by atoms with Gasteiger partial charge in [0.25, 0.3) is 0 Å². The largest absolute Gasteiger partial charge is 0.389 e. The molecule has 0 radical (unpaired) electrons. The quantitative estimate of drug-likeness (QED) is 0.621. The van der Waals surface area contributed by atoms with Gasteiger partial charge in [-0.05, 0) is 51.8 Å². The van der Waals surface area contributed by atoms with Crippen molar-refractivity contribution in [1.29, 1.82) is 0 Å². The molecule has 0 aliphatic heterocycles. The van der Waals surface area contributed by atoms with E-state index in [0.29, 0.717) is 17.8 Å². The first-order chi connectivity index (χ1) is 11.0. The van der Waals surface area contributed by atoms with E-state index in [-0.39, 0.29) is 37.6 Å². The van der Waals surface area contributed by atoms with Gasteiger partial charge >= 0.3 is 0 Å². The first-order valence-corrected chi connectivity index (χ1v) is 10.9. The highest BCUT2D eigenvalue weighted by Gasteiger charge is 3.15. The Morgan fingerprint density at radius 2 is 1.42 bits per heavy atom. The van der Waals surface area contributed by atoms with E-state index in [1.165, 1.54) is 0 Å². The maximum Gasteiger partial charge on any atom is 0.0767 e. The molecule has 0 aromatic heterocycles. The summed E-state index contributed by atoms with van der Waals surface area (Å²) in [6.45, 7) is 21.7. The van der Waals surface area contributed by atoms with Gasteiger partial charge in [0.1, 0.15) is 0 Å². The zero-order chi connectivity index (χ0) is 19.2. The van der Waals surface area contributed by atoms with Crippen molar-refractivity contribution in [2.24, 2.45) is 50.2 Å². The van der Waals surface area contributed by atoms with Gasteiger partial charge in [-0.2, -0.15) is 0 Å². The summed E-state index contributed by atoms with van der Waals surface area (Å²) in [6.07, 6.45) is 0. The lowest BCUT2D eigenvalue weighted by atomic mass is 8.90. The molecule has 1 N–H and O–H groups in total. The van der Waals surface area contributed by atoms with Crippen molar-refractivity contribution >= 4 is 18.5 Å². The van der Waals surface area contributed by atoms with Gasteiger partial charge in [-0.25, -0.2) is 0 Å². The fraction of sp³-hybridized carbons (Fsp3) is 1.00. The molecule has 0 saturated heterocycles. The predicted molar refractivity (Wildman–Crippen MR) is 107 cm³/mol. The van der Waals surface area contributed by atoms with Crippen molar-refractivity contribution in [3.8, 4) is 0 Å². The van der Waals surface area contributed by atoms with Crippen LogP contribution in [-0.4, -0.2) is 21.5 Å². The van der Waals surface area contributed by atoms with Crippen LogP contribution in [0.15, 0.2) is 0 Å². The number of rotatable bonds is 0. The normalized spacial score (nSPS) is 83.2. The van der Waals surface area contributed by atoms with Crippen LogP contribution >= 0.6 is 18.5 Å². The van der Waals surface area contributed by atoms with E-state index in [4.69, 9.17) is 1.37 Å². The second kappa shape index (κ2) is 3.35. The van der Waals surface area contributed by atoms with E-state index in [2.05, 4.69) is 73.9 Å². The SMILES string of the molecule is [2H]C1(P)C(C)(O)C23C(C)(C(C)C12P)C1(C)C(C)(C)C2(C)C(C)C(C)C213. The first-order valence-electron chi connectivity index (χ1n) is 10.3. The molecule has 1 nitrogen and oxygen atoms in total. The molecule has 5 rings (SSSR count). The molecule has 0 aromatic carbocycles. The summed E-state index contributed by atoms with van der Waals surface area (Å²) in [6, 6.07) is 0. The fourth-order valence-electron chi connectivity index (χ4n) is 12.0. The third-order valence-corrected chi connectivity index (χ3v) is 15.4. The zero-order valence-corrected chi connectivity index (χ0v) is 19.1. The zero-order valence-electron chi connectivity index (χ0n) is 17.8. The predicted octanol–water partition coefficient (Wildman–Crippen LogP) is 4.59. The van der Waals surface area contributed by atoms with E-state index in [1.54, 1.807) is 0 Å². The van der Waals surface area contributed by atoms with Crippen molar-refractivity contribution in [2.45, 2.75) is 78.7 Å². The van der Waals surface area contributed by atoms with Gasteiger partial charge in [0.2, 0.25) is 0 Å². The van der Waals surface area contributed by atoms with Crippen molar-refractivity contribution in [1.82, 2.24) is 0 Å². The van der Waals surface area contributed by atoms with E-state index in [9.17, 15) is 5.11 Å². The Labute approximate surface area is 154 Å². The lowest BCUT2D eigenvalue weighted by Crippen LogP contribution is -3.17. The minimum absolute atomic E-state index is 0.0871. The van der Waals surface area contributed by atoms with Gasteiger partial charge in [0.05, 0.1) is 5.60 Å². The lowest BCUT2D eigenvalue weighted by Gasteiger charge is -3.15. The summed E-state index contributed by atoms with van der Waals surface area (Å²) in [7, 11) is 5.87. The van der Waals surface area contributed by atoms with Crippen LogP contribution < -0.4 is 0 Å². The molecule has 3 heteroatoms. The van der Waals surface area contributed by atoms with Crippen LogP contribution in [0.25, 0.3) is 0 Å². The molecule has 0 heterocycles. The average molecular weight is 367 g/mol. The topological polar surface area (TPSA) is 20.2 Å². The second-order valence-electron chi connectivity index (χ2n) is 11.4. The van der Waals surface area contributed by atoms with Gasteiger partial charge in [-0.3, -0.25) is 0 Å². The van der Waals surface area contributed by atoms with Crippen LogP contribution in [0.4, 0.5) is 0 Å². The molecular weight excluding hydrogens is 330 g/mol. The van der Waals surface area contributed by atoms with Crippen LogP contribution in [-0.2, 0) is 0 Å². The van der Waals surface area contributed by atoms with Crippen LogP contribution in [0.5, 0.6) is 0 Å². The fourth-order valence-corrected chi connectivity index (χ4v) is 14.1. The Kier molecular flexibility index (Phi) is 2.21. The third kappa shape index (κ3) is 0.732. The Hall–Kier alpha value is 0.820. The van der Waals surface area contributed by atoms with E-state index >= 15 is 0 Å². The molecule has 5 aliphatic rings. The van der Waals surface area contributed by atoms with Gasteiger partial charge in [-0.1, -0.05) is 55.4 Å². The summed E-state index contributed by atoms with van der Waals surface area (Å²) in [4.78, 5) is 0. The molecule has 5 fully saturated rings. The van der Waals surface area contributed by atoms with E-state index < -0.39 is 11.2 Å². The van der Waals surface area contributed by atoms with Crippen molar-refractivity contribution in [3.63, 3.8) is 0 Å². The summed E-state index contributed by atoms with van der Waals surface area (Å²) in [5, 5.41) is 11.7. The molecule has 5 saturated carbocycles. The van der Waals surface area contributed by atoms with Gasteiger partial charge in [0.15, 0.2) is 0 Å². The van der Waals surface area contributed by atoms with Crippen LogP contribution in [0.3, 0.4) is 0 Å². The Balaban J connectivity index is 1.87. The molecule has 13 atom stereocenters.